The molecule has 0 aromatic heterocycles. The minimum atomic E-state index is 0.133. The lowest BCUT2D eigenvalue weighted by molar-refractivity contribution is 0.149. The summed E-state index contributed by atoms with van der Waals surface area (Å²) in [6.07, 6.45) is 6.55. The lowest BCUT2D eigenvalue weighted by Gasteiger charge is -2.42. The predicted molar refractivity (Wildman–Crippen MR) is 68.4 cm³/mol. The normalized spacial score (nSPS) is 32.8. The number of nitrogens with zero attached hydrogens (tertiary/aromatic N) is 1. The zero-order valence-corrected chi connectivity index (χ0v) is 10.7. The maximum Gasteiger partial charge on any atom is 0.0283 e. The van der Waals surface area contributed by atoms with E-state index in [4.69, 9.17) is 5.73 Å². The highest BCUT2D eigenvalue weighted by molar-refractivity contribution is 7.99. The van der Waals surface area contributed by atoms with Crippen molar-refractivity contribution in [2.24, 2.45) is 5.73 Å². The Hall–Kier alpha value is 0.270. The molecular formula is C12H24N2S. The number of rotatable bonds is 2. The van der Waals surface area contributed by atoms with Gasteiger partial charge in [0.1, 0.15) is 0 Å². The van der Waals surface area contributed by atoms with Gasteiger partial charge in [-0.2, -0.15) is 11.8 Å². The van der Waals surface area contributed by atoms with Gasteiger partial charge >= 0.3 is 0 Å². The predicted octanol–water partition coefficient (Wildman–Crippen LogP) is 2.09. The van der Waals surface area contributed by atoms with Gasteiger partial charge in [-0.05, 0) is 19.8 Å². The molecule has 1 saturated heterocycles. The first-order chi connectivity index (χ1) is 7.20. The standard InChI is InChI=1S/C12H24N2S/c1-11-9-15-8-7-14(11)10-12(13)5-3-2-4-6-12/h11H,2-10,13H2,1H3. The van der Waals surface area contributed by atoms with Crippen LogP contribution in [0.25, 0.3) is 0 Å². The first kappa shape index (κ1) is 11.7. The molecule has 3 heteroatoms. The zero-order valence-electron chi connectivity index (χ0n) is 9.87. The van der Waals surface area contributed by atoms with Crippen LogP contribution in [0.15, 0.2) is 0 Å². The highest BCUT2D eigenvalue weighted by atomic mass is 32.2. The first-order valence-electron chi connectivity index (χ1n) is 6.30. The molecule has 0 amide bonds. The Labute approximate surface area is 98.0 Å². The number of nitrogens with two attached hydrogens (primary N) is 1. The summed E-state index contributed by atoms with van der Waals surface area (Å²) in [4.78, 5) is 2.61. The van der Waals surface area contributed by atoms with Gasteiger partial charge in [0.25, 0.3) is 0 Å². The Morgan fingerprint density at radius 1 is 1.33 bits per heavy atom. The van der Waals surface area contributed by atoms with Crippen LogP contribution in [0, 0.1) is 0 Å². The van der Waals surface area contributed by atoms with E-state index in [9.17, 15) is 0 Å². The fraction of sp³-hybridized carbons (Fsp3) is 1.00. The molecule has 1 aliphatic carbocycles. The molecule has 2 fully saturated rings. The summed E-state index contributed by atoms with van der Waals surface area (Å²) in [6.45, 7) is 4.72. The SMILES string of the molecule is CC1CSCCN1CC1(N)CCCCC1. The fourth-order valence-electron chi connectivity index (χ4n) is 2.81. The van der Waals surface area contributed by atoms with E-state index in [-0.39, 0.29) is 5.54 Å². The molecule has 0 radical (unpaired) electrons. The van der Waals surface area contributed by atoms with E-state index in [0.29, 0.717) is 0 Å². The molecule has 2 rings (SSSR count). The van der Waals surface area contributed by atoms with Gasteiger partial charge < -0.3 is 5.73 Å². The molecule has 1 atom stereocenters. The Morgan fingerprint density at radius 2 is 2.07 bits per heavy atom. The van der Waals surface area contributed by atoms with Crippen molar-refractivity contribution in [2.75, 3.05) is 24.6 Å². The number of hydrogen-bond acceptors (Lipinski definition) is 3. The van der Waals surface area contributed by atoms with E-state index in [2.05, 4.69) is 23.6 Å². The van der Waals surface area contributed by atoms with E-state index in [1.54, 1.807) is 0 Å². The van der Waals surface area contributed by atoms with Gasteiger partial charge in [0, 0.05) is 36.2 Å². The van der Waals surface area contributed by atoms with Gasteiger partial charge in [-0.15, -0.1) is 0 Å². The molecule has 2 nitrogen and oxygen atoms in total. The van der Waals surface area contributed by atoms with E-state index < -0.39 is 0 Å². The summed E-state index contributed by atoms with van der Waals surface area (Å²) in [5.74, 6) is 2.58. The summed E-state index contributed by atoms with van der Waals surface area (Å²) in [7, 11) is 0. The minimum absolute atomic E-state index is 0.133. The second-order valence-corrected chi connectivity index (χ2v) is 6.47. The summed E-state index contributed by atoms with van der Waals surface area (Å²) in [6, 6.07) is 0.728. The van der Waals surface area contributed by atoms with Crippen LogP contribution in [0.5, 0.6) is 0 Å². The number of thioether (sulfide) groups is 1. The first-order valence-corrected chi connectivity index (χ1v) is 7.46. The molecule has 0 spiro atoms. The van der Waals surface area contributed by atoms with Crippen LogP contribution in [0.1, 0.15) is 39.0 Å². The Bertz CT molecular complexity index is 202. The Morgan fingerprint density at radius 3 is 2.73 bits per heavy atom. The van der Waals surface area contributed by atoms with Crippen LogP contribution in [0.3, 0.4) is 0 Å². The molecule has 0 aromatic carbocycles. The van der Waals surface area contributed by atoms with Crippen LogP contribution in [-0.4, -0.2) is 41.1 Å². The van der Waals surface area contributed by atoms with Crippen molar-refractivity contribution in [3.05, 3.63) is 0 Å². The summed E-state index contributed by atoms with van der Waals surface area (Å²) in [5.41, 5.74) is 6.64. The van der Waals surface area contributed by atoms with Crippen molar-refractivity contribution in [3.8, 4) is 0 Å². The van der Waals surface area contributed by atoms with E-state index in [1.165, 1.54) is 50.2 Å². The fourth-order valence-corrected chi connectivity index (χ4v) is 3.90. The largest absolute Gasteiger partial charge is 0.324 e. The molecule has 1 unspecified atom stereocenters. The average Bonchev–Trinajstić information content (AvgIpc) is 2.22. The quantitative estimate of drug-likeness (QED) is 0.785. The van der Waals surface area contributed by atoms with Crippen molar-refractivity contribution < 1.29 is 0 Å². The molecule has 2 aliphatic rings. The lowest BCUT2D eigenvalue weighted by Crippen LogP contribution is -2.55. The van der Waals surface area contributed by atoms with Gasteiger partial charge in [-0.25, -0.2) is 0 Å². The smallest absolute Gasteiger partial charge is 0.0283 e. The molecule has 2 N–H and O–H groups in total. The van der Waals surface area contributed by atoms with Crippen LogP contribution in [0.2, 0.25) is 0 Å². The third-order valence-corrected chi connectivity index (χ3v) is 5.06. The number of hydrogen-bond donors (Lipinski definition) is 1. The third kappa shape index (κ3) is 3.11. The Kier molecular flexibility index (Phi) is 3.97. The van der Waals surface area contributed by atoms with Gasteiger partial charge in [0.2, 0.25) is 0 Å². The van der Waals surface area contributed by atoms with E-state index in [0.717, 1.165) is 12.6 Å². The monoisotopic (exact) mass is 228 g/mol. The van der Waals surface area contributed by atoms with Crippen LogP contribution >= 0.6 is 11.8 Å². The van der Waals surface area contributed by atoms with E-state index >= 15 is 0 Å². The van der Waals surface area contributed by atoms with Gasteiger partial charge in [0.05, 0.1) is 0 Å². The molecule has 0 aromatic rings. The second-order valence-electron chi connectivity index (χ2n) is 5.32. The van der Waals surface area contributed by atoms with Crippen molar-refractivity contribution in [1.82, 2.24) is 4.90 Å². The summed E-state index contributed by atoms with van der Waals surface area (Å²) < 4.78 is 0. The molecule has 88 valence electrons. The summed E-state index contributed by atoms with van der Waals surface area (Å²) in [5, 5.41) is 0. The van der Waals surface area contributed by atoms with Gasteiger partial charge in [-0.3, -0.25) is 4.90 Å². The van der Waals surface area contributed by atoms with Crippen molar-refractivity contribution in [2.45, 2.75) is 50.6 Å². The minimum Gasteiger partial charge on any atom is -0.324 e. The molecule has 1 saturated carbocycles. The van der Waals surface area contributed by atoms with Crippen molar-refractivity contribution in [3.63, 3.8) is 0 Å². The average molecular weight is 228 g/mol. The van der Waals surface area contributed by atoms with Crippen LogP contribution < -0.4 is 5.73 Å². The van der Waals surface area contributed by atoms with E-state index in [1.807, 2.05) is 0 Å². The molecule has 0 bridgehead atoms. The lowest BCUT2D eigenvalue weighted by atomic mass is 9.82. The zero-order chi connectivity index (χ0) is 10.7. The molecule has 15 heavy (non-hydrogen) atoms. The second kappa shape index (κ2) is 5.07. The summed E-state index contributed by atoms with van der Waals surface area (Å²) >= 11 is 2.09. The molecule has 1 aliphatic heterocycles. The van der Waals surface area contributed by atoms with Crippen molar-refractivity contribution in [1.29, 1.82) is 0 Å². The molecule has 1 heterocycles. The third-order valence-electron chi connectivity index (χ3n) is 3.87. The maximum atomic E-state index is 6.50. The van der Waals surface area contributed by atoms with Gasteiger partial charge in [0.15, 0.2) is 0 Å². The maximum absolute atomic E-state index is 6.50. The topological polar surface area (TPSA) is 29.3 Å². The van der Waals surface area contributed by atoms with Crippen LogP contribution in [0.4, 0.5) is 0 Å². The van der Waals surface area contributed by atoms with Crippen LogP contribution in [-0.2, 0) is 0 Å². The Balaban J connectivity index is 1.88. The van der Waals surface area contributed by atoms with Gasteiger partial charge in [-0.1, -0.05) is 19.3 Å². The molecular weight excluding hydrogens is 204 g/mol. The van der Waals surface area contributed by atoms with Crippen molar-refractivity contribution >= 4 is 11.8 Å². The highest BCUT2D eigenvalue weighted by Gasteiger charge is 2.31. The highest BCUT2D eigenvalue weighted by Crippen LogP contribution is 2.28.